The molecule has 0 fully saturated rings. The number of methoxy groups -OCH3 is 1. The SMILES string of the molecule is COc1cccc(CN(C)c2nc(N)ncc2F)c1. The summed E-state index contributed by atoms with van der Waals surface area (Å²) in [5.74, 6) is 0.484. The van der Waals surface area contributed by atoms with Gasteiger partial charge in [-0.1, -0.05) is 12.1 Å². The number of nitrogens with zero attached hydrogens (tertiary/aromatic N) is 3. The first-order chi connectivity index (χ1) is 9.10. The van der Waals surface area contributed by atoms with E-state index in [2.05, 4.69) is 9.97 Å². The summed E-state index contributed by atoms with van der Waals surface area (Å²) in [6, 6.07) is 7.56. The Morgan fingerprint density at radius 3 is 2.95 bits per heavy atom. The predicted molar refractivity (Wildman–Crippen MR) is 71.5 cm³/mol. The Kier molecular flexibility index (Phi) is 3.79. The lowest BCUT2D eigenvalue weighted by molar-refractivity contribution is 0.414. The molecule has 0 radical (unpaired) electrons. The fourth-order valence-electron chi connectivity index (χ4n) is 1.76. The second-order valence-corrected chi connectivity index (χ2v) is 4.11. The molecule has 0 aliphatic rings. The number of benzene rings is 1. The topological polar surface area (TPSA) is 64.3 Å². The van der Waals surface area contributed by atoms with Crippen LogP contribution in [0, 0.1) is 5.82 Å². The van der Waals surface area contributed by atoms with Crippen molar-refractivity contribution in [3.63, 3.8) is 0 Å². The molecule has 0 aliphatic carbocycles. The van der Waals surface area contributed by atoms with Crippen LogP contribution in [-0.4, -0.2) is 24.1 Å². The van der Waals surface area contributed by atoms with Crippen LogP contribution < -0.4 is 15.4 Å². The van der Waals surface area contributed by atoms with E-state index in [-0.39, 0.29) is 11.8 Å². The normalized spacial score (nSPS) is 10.3. The molecule has 2 aromatic rings. The summed E-state index contributed by atoms with van der Waals surface area (Å²) in [6.07, 6.45) is 1.07. The zero-order chi connectivity index (χ0) is 13.8. The molecule has 0 spiro atoms. The molecule has 0 aliphatic heterocycles. The summed E-state index contributed by atoms with van der Waals surface area (Å²) in [5, 5.41) is 0. The zero-order valence-corrected chi connectivity index (χ0v) is 10.8. The molecule has 1 heterocycles. The third-order valence-electron chi connectivity index (χ3n) is 2.66. The summed E-state index contributed by atoms with van der Waals surface area (Å²) in [6.45, 7) is 0.491. The highest BCUT2D eigenvalue weighted by molar-refractivity contribution is 5.43. The molecular formula is C13H15FN4O. The molecule has 0 unspecified atom stereocenters. The maximum absolute atomic E-state index is 13.6. The van der Waals surface area contributed by atoms with Crippen LogP contribution in [0.25, 0.3) is 0 Å². The average Bonchev–Trinajstić information content (AvgIpc) is 2.41. The summed E-state index contributed by atoms with van der Waals surface area (Å²) >= 11 is 0. The molecule has 0 atom stereocenters. The molecule has 2 N–H and O–H groups in total. The van der Waals surface area contributed by atoms with Crippen molar-refractivity contribution in [3.05, 3.63) is 41.8 Å². The summed E-state index contributed by atoms with van der Waals surface area (Å²) in [5.41, 5.74) is 6.45. The largest absolute Gasteiger partial charge is 0.497 e. The molecule has 0 saturated carbocycles. The van der Waals surface area contributed by atoms with Crippen LogP contribution in [0.1, 0.15) is 5.56 Å². The van der Waals surface area contributed by atoms with E-state index in [1.54, 1.807) is 19.1 Å². The van der Waals surface area contributed by atoms with Crippen LogP contribution in [0.15, 0.2) is 30.5 Å². The van der Waals surface area contributed by atoms with E-state index in [9.17, 15) is 4.39 Å². The van der Waals surface area contributed by atoms with Gasteiger partial charge in [0.05, 0.1) is 13.3 Å². The van der Waals surface area contributed by atoms with Crippen LogP contribution in [0.5, 0.6) is 5.75 Å². The minimum atomic E-state index is -0.500. The Labute approximate surface area is 110 Å². The van der Waals surface area contributed by atoms with Gasteiger partial charge >= 0.3 is 0 Å². The van der Waals surface area contributed by atoms with Crippen molar-refractivity contribution in [2.45, 2.75) is 6.54 Å². The van der Waals surface area contributed by atoms with Gasteiger partial charge in [0.1, 0.15) is 5.75 Å². The molecule has 6 heteroatoms. The summed E-state index contributed by atoms with van der Waals surface area (Å²) < 4.78 is 18.8. The molecule has 0 bridgehead atoms. The Hall–Kier alpha value is -2.37. The van der Waals surface area contributed by atoms with Gasteiger partial charge in [-0.05, 0) is 17.7 Å². The van der Waals surface area contributed by atoms with Crippen LogP contribution in [0.3, 0.4) is 0 Å². The fourth-order valence-corrected chi connectivity index (χ4v) is 1.76. The quantitative estimate of drug-likeness (QED) is 0.910. The van der Waals surface area contributed by atoms with Gasteiger partial charge in [-0.15, -0.1) is 0 Å². The molecule has 0 amide bonds. The summed E-state index contributed by atoms with van der Waals surface area (Å²) in [7, 11) is 3.35. The number of aromatic nitrogens is 2. The van der Waals surface area contributed by atoms with Gasteiger partial charge in [0.25, 0.3) is 0 Å². The molecule has 5 nitrogen and oxygen atoms in total. The van der Waals surface area contributed by atoms with E-state index in [4.69, 9.17) is 10.5 Å². The van der Waals surface area contributed by atoms with Gasteiger partial charge in [0.2, 0.25) is 5.95 Å². The van der Waals surface area contributed by atoms with Gasteiger partial charge in [0.15, 0.2) is 11.6 Å². The number of hydrogen-bond acceptors (Lipinski definition) is 5. The maximum Gasteiger partial charge on any atom is 0.222 e. The van der Waals surface area contributed by atoms with E-state index >= 15 is 0 Å². The first-order valence-corrected chi connectivity index (χ1v) is 5.72. The lowest BCUT2D eigenvalue weighted by Gasteiger charge is -2.19. The van der Waals surface area contributed by atoms with Crippen molar-refractivity contribution < 1.29 is 9.13 Å². The van der Waals surface area contributed by atoms with E-state index in [1.807, 2.05) is 24.3 Å². The first-order valence-electron chi connectivity index (χ1n) is 5.72. The third-order valence-corrected chi connectivity index (χ3v) is 2.66. The Balaban J connectivity index is 2.20. The van der Waals surface area contributed by atoms with Crippen molar-refractivity contribution >= 4 is 11.8 Å². The monoisotopic (exact) mass is 262 g/mol. The second-order valence-electron chi connectivity index (χ2n) is 4.11. The van der Waals surface area contributed by atoms with Gasteiger partial charge in [-0.25, -0.2) is 9.37 Å². The Morgan fingerprint density at radius 1 is 1.42 bits per heavy atom. The number of hydrogen-bond donors (Lipinski definition) is 1. The molecular weight excluding hydrogens is 247 g/mol. The molecule has 19 heavy (non-hydrogen) atoms. The zero-order valence-electron chi connectivity index (χ0n) is 10.8. The van der Waals surface area contributed by atoms with E-state index < -0.39 is 5.82 Å². The number of nitrogen functional groups attached to an aromatic ring is 1. The van der Waals surface area contributed by atoms with Crippen LogP contribution >= 0.6 is 0 Å². The molecule has 1 aromatic carbocycles. The highest BCUT2D eigenvalue weighted by atomic mass is 19.1. The fraction of sp³-hybridized carbons (Fsp3) is 0.231. The van der Waals surface area contributed by atoms with Gasteiger partial charge in [-0.3, -0.25) is 0 Å². The van der Waals surface area contributed by atoms with Crippen molar-refractivity contribution in [2.24, 2.45) is 0 Å². The van der Waals surface area contributed by atoms with E-state index in [0.29, 0.717) is 6.54 Å². The van der Waals surface area contributed by atoms with Crippen LogP contribution in [0.2, 0.25) is 0 Å². The van der Waals surface area contributed by atoms with E-state index in [1.165, 1.54) is 0 Å². The molecule has 1 aromatic heterocycles. The molecule has 100 valence electrons. The van der Waals surface area contributed by atoms with Gasteiger partial charge in [-0.2, -0.15) is 4.98 Å². The summed E-state index contributed by atoms with van der Waals surface area (Å²) in [4.78, 5) is 9.17. The smallest absolute Gasteiger partial charge is 0.222 e. The second kappa shape index (κ2) is 5.51. The predicted octanol–water partition coefficient (Wildman–Crippen LogP) is 1.84. The highest BCUT2D eigenvalue weighted by Crippen LogP contribution is 2.19. The van der Waals surface area contributed by atoms with Crippen LogP contribution in [0.4, 0.5) is 16.2 Å². The van der Waals surface area contributed by atoms with Crippen molar-refractivity contribution in [3.8, 4) is 5.75 Å². The minimum Gasteiger partial charge on any atom is -0.497 e. The first kappa shape index (κ1) is 13.1. The lowest BCUT2D eigenvalue weighted by atomic mass is 10.2. The number of rotatable bonds is 4. The number of anilines is 2. The molecule has 2 rings (SSSR count). The standard InChI is InChI=1S/C13H15FN4O/c1-18(12-11(14)7-16-13(15)17-12)8-9-4-3-5-10(6-9)19-2/h3-7H,8H2,1-2H3,(H2,15,16,17). The third kappa shape index (κ3) is 3.09. The van der Waals surface area contributed by atoms with Gasteiger partial charge < -0.3 is 15.4 Å². The molecule has 0 saturated heterocycles. The lowest BCUT2D eigenvalue weighted by Crippen LogP contribution is -2.20. The van der Waals surface area contributed by atoms with Crippen LogP contribution in [-0.2, 0) is 6.54 Å². The average molecular weight is 262 g/mol. The van der Waals surface area contributed by atoms with Crippen molar-refractivity contribution in [1.29, 1.82) is 0 Å². The Morgan fingerprint density at radius 2 is 2.21 bits per heavy atom. The van der Waals surface area contributed by atoms with Gasteiger partial charge in [0, 0.05) is 13.6 Å². The highest BCUT2D eigenvalue weighted by Gasteiger charge is 2.11. The maximum atomic E-state index is 13.6. The Bertz CT molecular complexity index is 576. The number of ether oxygens (including phenoxy) is 1. The van der Waals surface area contributed by atoms with Crippen molar-refractivity contribution in [1.82, 2.24) is 9.97 Å². The van der Waals surface area contributed by atoms with E-state index in [0.717, 1.165) is 17.5 Å². The number of halogens is 1. The number of nitrogens with two attached hydrogens (primary N) is 1. The van der Waals surface area contributed by atoms with Crippen molar-refractivity contribution in [2.75, 3.05) is 24.8 Å². The minimum absolute atomic E-state index is 0.0499.